The molecule has 0 aromatic heterocycles. The quantitative estimate of drug-likeness (QED) is 0.342. The first-order chi connectivity index (χ1) is 21.1. The van der Waals surface area contributed by atoms with E-state index in [1.54, 1.807) is 27.9 Å². The van der Waals surface area contributed by atoms with Gasteiger partial charge < -0.3 is 29.3 Å². The molecule has 4 aliphatic heterocycles. The number of fused-ring (bicyclic) bond motifs is 2. The van der Waals surface area contributed by atoms with E-state index < -0.39 is 17.1 Å². The molecule has 4 heterocycles. The number of benzene rings is 2. The Hall–Kier alpha value is -3.69. The zero-order valence-corrected chi connectivity index (χ0v) is 26.1. The van der Waals surface area contributed by atoms with Crippen LogP contribution in [0.25, 0.3) is 0 Å². The maximum atomic E-state index is 14.6. The van der Waals surface area contributed by atoms with Crippen molar-refractivity contribution >= 4 is 29.1 Å². The number of nitrogens with zero attached hydrogens (tertiary/aromatic N) is 3. The first-order valence-corrected chi connectivity index (χ1v) is 15.7. The molecule has 9 heteroatoms. The molecular weight excluding hydrogens is 558 g/mol. The van der Waals surface area contributed by atoms with Crippen LogP contribution in [0.15, 0.2) is 55.1 Å². The number of carbonyl (C=O) groups excluding carboxylic acids is 3. The van der Waals surface area contributed by atoms with Crippen LogP contribution in [0.5, 0.6) is 5.75 Å². The summed E-state index contributed by atoms with van der Waals surface area (Å²) in [6.45, 7) is 11.7. The van der Waals surface area contributed by atoms with E-state index in [4.69, 9.17) is 9.47 Å². The summed E-state index contributed by atoms with van der Waals surface area (Å²) < 4.78 is 12.5. The number of methoxy groups -OCH3 is 1. The summed E-state index contributed by atoms with van der Waals surface area (Å²) in [5.74, 6) is 0.00265. The minimum absolute atomic E-state index is 0.0534. The number of ether oxygens (including phenoxy) is 2. The van der Waals surface area contributed by atoms with Crippen molar-refractivity contribution in [3.8, 4) is 5.75 Å². The van der Waals surface area contributed by atoms with Gasteiger partial charge in [0.1, 0.15) is 5.75 Å². The zero-order valence-electron chi connectivity index (χ0n) is 26.1. The molecule has 234 valence electrons. The number of hydrogen-bond donors (Lipinski definition) is 1. The monoisotopic (exact) mass is 601 g/mol. The van der Waals surface area contributed by atoms with Crippen LogP contribution in [0.4, 0.5) is 11.4 Å². The Morgan fingerprint density at radius 3 is 2.55 bits per heavy atom. The van der Waals surface area contributed by atoms with Crippen LogP contribution in [0, 0.1) is 11.8 Å². The highest BCUT2D eigenvalue weighted by molar-refractivity contribution is 6.09. The van der Waals surface area contributed by atoms with Crippen molar-refractivity contribution in [3.05, 3.63) is 66.2 Å². The molecule has 9 nitrogen and oxygen atoms in total. The predicted octanol–water partition coefficient (Wildman–Crippen LogP) is 4.16. The summed E-state index contributed by atoms with van der Waals surface area (Å²) in [5, 5.41) is 9.95. The summed E-state index contributed by atoms with van der Waals surface area (Å²) in [4.78, 5) is 46.1. The fraction of sp³-hybridized carbons (Fsp3) is 0.514. The number of amides is 3. The lowest BCUT2D eigenvalue weighted by Gasteiger charge is -2.39. The zero-order chi connectivity index (χ0) is 31.4. The first-order valence-electron chi connectivity index (χ1n) is 15.7. The molecule has 1 N–H and O–H groups in total. The Morgan fingerprint density at radius 1 is 1.18 bits per heavy atom. The van der Waals surface area contributed by atoms with Crippen molar-refractivity contribution in [1.82, 2.24) is 4.90 Å². The van der Waals surface area contributed by atoms with Crippen LogP contribution < -0.4 is 14.5 Å². The summed E-state index contributed by atoms with van der Waals surface area (Å²) in [6.07, 6.45) is 3.35. The molecule has 2 aromatic carbocycles. The van der Waals surface area contributed by atoms with Crippen LogP contribution in [0.1, 0.15) is 57.6 Å². The molecule has 3 amide bonds. The van der Waals surface area contributed by atoms with Gasteiger partial charge in [0, 0.05) is 49.1 Å². The second kappa shape index (κ2) is 11.3. The Bertz CT molecular complexity index is 1470. The van der Waals surface area contributed by atoms with Gasteiger partial charge in [-0.2, -0.15) is 0 Å². The molecule has 44 heavy (non-hydrogen) atoms. The highest BCUT2D eigenvalue weighted by atomic mass is 16.5. The minimum atomic E-state index is -1.34. The van der Waals surface area contributed by atoms with Crippen molar-refractivity contribution in [3.63, 3.8) is 0 Å². The average molecular weight is 602 g/mol. The van der Waals surface area contributed by atoms with Gasteiger partial charge in [-0.25, -0.2) is 0 Å². The van der Waals surface area contributed by atoms with Gasteiger partial charge in [0.05, 0.1) is 38.0 Å². The highest BCUT2D eigenvalue weighted by Crippen LogP contribution is 2.60. The summed E-state index contributed by atoms with van der Waals surface area (Å²) in [5.41, 5.74) is 1.43. The van der Waals surface area contributed by atoms with Crippen molar-refractivity contribution in [2.24, 2.45) is 11.8 Å². The van der Waals surface area contributed by atoms with Gasteiger partial charge >= 0.3 is 0 Å². The maximum Gasteiger partial charge on any atom is 0.264 e. The minimum Gasteiger partial charge on any atom is -0.497 e. The van der Waals surface area contributed by atoms with E-state index in [0.29, 0.717) is 26.1 Å². The second-order valence-corrected chi connectivity index (χ2v) is 13.1. The largest absolute Gasteiger partial charge is 0.497 e. The third-order valence-electron chi connectivity index (χ3n) is 10.6. The fourth-order valence-corrected chi connectivity index (χ4v) is 8.21. The van der Waals surface area contributed by atoms with E-state index in [1.165, 1.54) is 0 Å². The van der Waals surface area contributed by atoms with E-state index in [9.17, 15) is 19.5 Å². The molecule has 0 saturated carbocycles. The van der Waals surface area contributed by atoms with Crippen LogP contribution in [-0.4, -0.2) is 73.2 Å². The second-order valence-electron chi connectivity index (χ2n) is 13.1. The van der Waals surface area contributed by atoms with Gasteiger partial charge in [0.15, 0.2) is 5.60 Å². The Balaban J connectivity index is 1.46. The topological polar surface area (TPSA) is 99.6 Å². The number of β-lactam (4-membered cyclic amide) rings is 1. The molecule has 3 saturated heterocycles. The molecule has 0 radical (unpaired) electrons. The van der Waals surface area contributed by atoms with E-state index in [2.05, 4.69) is 27.4 Å². The lowest BCUT2D eigenvalue weighted by atomic mass is 9.63. The summed E-state index contributed by atoms with van der Waals surface area (Å²) in [6, 6.07) is 13.5. The average Bonchev–Trinajstić information content (AvgIpc) is 3.67. The van der Waals surface area contributed by atoms with E-state index in [-0.39, 0.29) is 48.6 Å². The maximum absolute atomic E-state index is 14.6. The highest BCUT2D eigenvalue weighted by Gasteiger charge is 2.66. The molecule has 3 fully saturated rings. The lowest BCUT2D eigenvalue weighted by molar-refractivity contribution is -0.150. The van der Waals surface area contributed by atoms with Gasteiger partial charge in [0.2, 0.25) is 11.8 Å². The molecule has 4 aliphatic rings. The molecule has 6 rings (SSSR count). The number of aliphatic hydroxyl groups is 1. The SMILES string of the molecule is C=CCN1C(=O)[C@@]2(O[C@@H](CC(=O)N3CCC[C@H]3CO)[C@H](C(C)(C)c3ccc(OC)cc3)[C@H]2C)c2cc(N3CCC3=O)ccc21. The number of likely N-dealkylation sites (tertiary alicyclic amines) is 1. The van der Waals surface area contributed by atoms with E-state index in [1.807, 2.05) is 42.5 Å². The number of carbonyl (C=O) groups is 3. The van der Waals surface area contributed by atoms with Gasteiger partial charge in [-0.05, 0) is 54.2 Å². The first kappa shape index (κ1) is 30.3. The Labute approximate surface area is 259 Å². The normalized spacial score (nSPS) is 28.1. The molecule has 5 atom stereocenters. The van der Waals surface area contributed by atoms with Gasteiger partial charge in [-0.3, -0.25) is 14.4 Å². The fourth-order valence-electron chi connectivity index (χ4n) is 8.21. The van der Waals surface area contributed by atoms with Gasteiger partial charge in [-0.15, -0.1) is 6.58 Å². The Morgan fingerprint density at radius 2 is 1.93 bits per heavy atom. The lowest BCUT2D eigenvalue weighted by Crippen LogP contribution is -2.46. The van der Waals surface area contributed by atoms with E-state index in [0.717, 1.165) is 41.1 Å². The molecule has 0 bridgehead atoms. The molecule has 0 unspecified atom stereocenters. The van der Waals surface area contributed by atoms with E-state index >= 15 is 0 Å². The van der Waals surface area contributed by atoms with Crippen LogP contribution in [0.3, 0.4) is 0 Å². The molecular formula is C35H43N3O6. The van der Waals surface area contributed by atoms with Gasteiger partial charge in [0.25, 0.3) is 5.91 Å². The van der Waals surface area contributed by atoms with Crippen LogP contribution in [0.2, 0.25) is 0 Å². The number of rotatable bonds is 9. The van der Waals surface area contributed by atoms with Crippen molar-refractivity contribution in [2.75, 3.05) is 43.2 Å². The third-order valence-corrected chi connectivity index (χ3v) is 10.6. The third kappa shape index (κ3) is 4.55. The smallest absolute Gasteiger partial charge is 0.264 e. The molecule has 0 aliphatic carbocycles. The Kier molecular flexibility index (Phi) is 7.82. The van der Waals surface area contributed by atoms with Crippen molar-refractivity contribution in [2.45, 2.75) is 69.6 Å². The number of aliphatic hydroxyl groups excluding tert-OH is 1. The predicted molar refractivity (Wildman–Crippen MR) is 168 cm³/mol. The summed E-state index contributed by atoms with van der Waals surface area (Å²) in [7, 11) is 1.64. The van der Waals surface area contributed by atoms with Crippen LogP contribution in [-0.2, 0) is 30.1 Å². The van der Waals surface area contributed by atoms with Gasteiger partial charge in [-0.1, -0.05) is 39.0 Å². The summed E-state index contributed by atoms with van der Waals surface area (Å²) >= 11 is 0. The number of anilines is 2. The van der Waals surface area contributed by atoms with Crippen molar-refractivity contribution in [1.29, 1.82) is 0 Å². The molecule has 1 spiro atoms. The molecule has 2 aromatic rings. The van der Waals surface area contributed by atoms with Crippen molar-refractivity contribution < 1.29 is 29.0 Å². The number of hydrogen-bond acceptors (Lipinski definition) is 6. The standard InChI is InChI=1S/C35H43N3O6/c1-6-16-38-28-14-11-24(37-18-15-30(37)40)19-27(28)35(33(38)42)22(2)32(34(3,4)23-9-12-26(43-5)13-10-23)29(44-35)20-31(41)36-17-7-8-25(36)21-39/h6,9-14,19,22,25,29,32,39H,1,7-8,15-18,20-21H2,2-5H3/t22-,25+,29+,32-,35+/m1/s1. The van der Waals surface area contributed by atoms with Crippen LogP contribution >= 0.6 is 0 Å².